The maximum atomic E-state index is 11.6. The minimum absolute atomic E-state index is 0.245. The topological polar surface area (TPSA) is 58.6 Å². The zero-order valence-corrected chi connectivity index (χ0v) is 18.4. The molecule has 1 atom stereocenters. The van der Waals surface area contributed by atoms with Crippen LogP contribution in [0.15, 0.2) is 61.2 Å². The fourth-order valence-electron chi connectivity index (χ4n) is 3.27. The molecule has 0 aliphatic heterocycles. The second-order valence-electron chi connectivity index (χ2n) is 7.97. The molecule has 0 amide bonds. The summed E-state index contributed by atoms with van der Waals surface area (Å²) in [5.74, 6) is -0.302. The van der Waals surface area contributed by atoms with Gasteiger partial charge in [-0.2, -0.15) is 0 Å². The molecule has 0 bridgehead atoms. The molecule has 3 rings (SSSR count). The molecular weight excluding hydrogens is 398 g/mol. The highest BCUT2D eigenvalue weighted by Gasteiger charge is 2.28. The number of benzene rings is 3. The van der Waals surface area contributed by atoms with Crippen LogP contribution in [-0.4, -0.2) is 16.6 Å². The Bertz CT molecular complexity index is 1120. The van der Waals surface area contributed by atoms with Gasteiger partial charge in [0.05, 0.1) is 0 Å². The van der Waals surface area contributed by atoms with E-state index in [1.807, 2.05) is 68.4 Å². The van der Waals surface area contributed by atoms with Gasteiger partial charge in [0.1, 0.15) is 17.4 Å². The number of aryl methyl sites for hydroxylation is 1. The molecule has 0 fully saturated rings. The van der Waals surface area contributed by atoms with Crippen LogP contribution in [0.1, 0.15) is 43.6 Å². The van der Waals surface area contributed by atoms with Gasteiger partial charge in [-0.05, 0) is 56.3 Å². The summed E-state index contributed by atoms with van der Waals surface area (Å²) in [5.41, 5.74) is 2.03. The van der Waals surface area contributed by atoms with Crippen molar-refractivity contribution < 1.29 is 14.6 Å². The molecule has 3 aromatic carbocycles. The van der Waals surface area contributed by atoms with Crippen LogP contribution in [0.5, 0.6) is 5.75 Å². The van der Waals surface area contributed by atoms with Gasteiger partial charge in [0, 0.05) is 21.7 Å². The molecule has 0 radical (unpaired) electrons. The average Bonchev–Trinajstić information content (AvgIpc) is 2.69. The van der Waals surface area contributed by atoms with Crippen LogP contribution in [0.2, 0.25) is 5.02 Å². The molecule has 1 unspecified atom stereocenters. The molecule has 5 heteroatoms. The van der Waals surface area contributed by atoms with E-state index < -0.39 is 11.5 Å². The smallest absolute Gasteiger partial charge is 0.328 e. The Morgan fingerprint density at radius 1 is 1.17 bits per heavy atom. The number of fused-ring (bicyclic) bond motifs is 1. The van der Waals surface area contributed by atoms with Crippen molar-refractivity contribution in [1.29, 1.82) is 0 Å². The summed E-state index contributed by atoms with van der Waals surface area (Å²) in [7, 11) is 0. The monoisotopic (exact) mass is 423 g/mol. The summed E-state index contributed by atoms with van der Waals surface area (Å²) in [6.45, 7) is 11.2. The fraction of sp³-hybridized carbons (Fsp3) is 0.240. The summed E-state index contributed by atoms with van der Waals surface area (Å²) in [4.78, 5) is 11.6. The van der Waals surface area contributed by atoms with Gasteiger partial charge in [-0.1, -0.05) is 60.6 Å². The summed E-state index contributed by atoms with van der Waals surface area (Å²) in [5, 5.41) is 15.2. The second-order valence-corrected chi connectivity index (χ2v) is 8.37. The maximum absolute atomic E-state index is 11.6. The zero-order valence-electron chi connectivity index (χ0n) is 17.6. The number of carboxylic acids is 1. The number of rotatable bonds is 7. The van der Waals surface area contributed by atoms with Crippen molar-refractivity contribution in [3.8, 4) is 5.75 Å². The largest absolute Gasteiger partial charge is 0.485 e. The van der Waals surface area contributed by atoms with Crippen molar-refractivity contribution in [3.63, 3.8) is 0 Å². The SMILES string of the molecule is C=C(NC(C)(C)C(=O)O)c1ccc2ccccc2c1OC(C)c1ccc(Cl)c(C)c1. The zero-order chi connectivity index (χ0) is 22.1. The van der Waals surface area contributed by atoms with Crippen LogP contribution in [-0.2, 0) is 4.79 Å². The molecule has 156 valence electrons. The second kappa shape index (κ2) is 8.41. The fourth-order valence-corrected chi connectivity index (χ4v) is 3.39. The molecule has 0 aromatic heterocycles. The highest BCUT2D eigenvalue weighted by atomic mass is 35.5. The third kappa shape index (κ3) is 4.44. The van der Waals surface area contributed by atoms with Crippen molar-refractivity contribution in [1.82, 2.24) is 5.32 Å². The van der Waals surface area contributed by atoms with Gasteiger partial charge in [0.15, 0.2) is 0 Å². The minimum atomic E-state index is -1.17. The van der Waals surface area contributed by atoms with Crippen molar-refractivity contribution in [2.75, 3.05) is 0 Å². The van der Waals surface area contributed by atoms with Gasteiger partial charge in [0.2, 0.25) is 0 Å². The molecule has 0 heterocycles. The predicted octanol–water partition coefficient (Wildman–Crippen LogP) is 6.37. The molecule has 0 saturated heterocycles. The number of halogens is 1. The Morgan fingerprint density at radius 2 is 1.87 bits per heavy atom. The lowest BCUT2D eigenvalue weighted by molar-refractivity contribution is -0.142. The van der Waals surface area contributed by atoms with Crippen LogP contribution >= 0.6 is 11.6 Å². The van der Waals surface area contributed by atoms with Gasteiger partial charge >= 0.3 is 5.97 Å². The number of nitrogens with one attached hydrogen (secondary N) is 1. The Labute approximate surface area is 182 Å². The first-order valence-electron chi connectivity index (χ1n) is 9.75. The normalized spacial score (nSPS) is 12.4. The first-order valence-corrected chi connectivity index (χ1v) is 10.1. The van der Waals surface area contributed by atoms with E-state index in [9.17, 15) is 9.90 Å². The van der Waals surface area contributed by atoms with Crippen molar-refractivity contribution in [2.24, 2.45) is 0 Å². The van der Waals surface area contributed by atoms with E-state index in [4.69, 9.17) is 16.3 Å². The van der Waals surface area contributed by atoms with E-state index in [0.717, 1.165) is 27.5 Å². The number of carbonyl (C=O) groups is 1. The first kappa shape index (κ1) is 21.7. The number of ether oxygens (including phenoxy) is 1. The van der Waals surface area contributed by atoms with E-state index >= 15 is 0 Å². The van der Waals surface area contributed by atoms with Gasteiger partial charge in [-0.15, -0.1) is 0 Å². The standard InChI is InChI=1S/C25H26ClNO3/c1-15-14-19(11-13-22(15)26)17(3)30-23-20(16(2)27-25(4,5)24(28)29)12-10-18-8-6-7-9-21(18)23/h6-14,17,27H,2H2,1,3-5H3,(H,28,29). The van der Waals surface area contributed by atoms with E-state index in [1.54, 1.807) is 13.8 Å². The van der Waals surface area contributed by atoms with E-state index in [0.29, 0.717) is 16.5 Å². The third-order valence-electron chi connectivity index (χ3n) is 5.15. The summed E-state index contributed by atoms with van der Waals surface area (Å²) in [6, 6.07) is 17.6. The maximum Gasteiger partial charge on any atom is 0.328 e. The Balaban J connectivity index is 2.04. The van der Waals surface area contributed by atoms with Gasteiger partial charge in [-0.25, -0.2) is 4.79 Å². The molecule has 30 heavy (non-hydrogen) atoms. The van der Waals surface area contributed by atoms with E-state index in [-0.39, 0.29) is 6.10 Å². The van der Waals surface area contributed by atoms with Crippen molar-refractivity contribution in [3.05, 3.63) is 82.9 Å². The lowest BCUT2D eigenvalue weighted by atomic mass is 10.00. The van der Waals surface area contributed by atoms with Crippen LogP contribution in [0.25, 0.3) is 16.5 Å². The minimum Gasteiger partial charge on any atom is -0.485 e. The van der Waals surface area contributed by atoms with Crippen LogP contribution < -0.4 is 10.1 Å². The number of hydrogen-bond donors (Lipinski definition) is 2. The number of carboxylic acid groups (broad SMARTS) is 1. The van der Waals surface area contributed by atoms with E-state index in [2.05, 4.69) is 11.9 Å². The van der Waals surface area contributed by atoms with Gasteiger partial charge < -0.3 is 15.2 Å². The Hall–Kier alpha value is -2.98. The first-order chi connectivity index (χ1) is 14.1. The van der Waals surface area contributed by atoms with Crippen LogP contribution in [0.4, 0.5) is 0 Å². The van der Waals surface area contributed by atoms with Gasteiger partial charge in [-0.3, -0.25) is 0 Å². The Kier molecular flexibility index (Phi) is 6.09. The van der Waals surface area contributed by atoms with E-state index in [1.165, 1.54) is 0 Å². The highest BCUT2D eigenvalue weighted by Crippen LogP contribution is 2.37. The number of aliphatic carboxylic acids is 1. The molecule has 0 aliphatic rings. The third-order valence-corrected chi connectivity index (χ3v) is 5.57. The molecule has 0 aliphatic carbocycles. The molecule has 2 N–H and O–H groups in total. The van der Waals surface area contributed by atoms with Crippen LogP contribution in [0.3, 0.4) is 0 Å². The molecule has 4 nitrogen and oxygen atoms in total. The average molecular weight is 424 g/mol. The van der Waals surface area contributed by atoms with Gasteiger partial charge in [0.25, 0.3) is 0 Å². The predicted molar refractivity (Wildman–Crippen MR) is 123 cm³/mol. The highest BCUT2D eigenvalue weighted by molar-refractivity contribution is 6.31. The lowest BCUT2D eigenvalue weighted by Gasteiger charge is -2.26. The van der Waals surface area contributed by atoms with Crippen molar-refractivity contribution >= 4 is 34.0 Å². The summed E-state index contributed by atoms with van der Waals surface area (Å²) >= 11 is 6.17. The van der Waals surface area contributed by atoms with Crippen molar-refractivity contribution in [2.45, 2.75) is 39.3 Å². The summed E-state index contributed by atoms with van der Waals surface area (Å²) in [6.07, 6.45) is -0.245. The quantitative estimate of drug-likeness (QED) is 0.463. The molecule has 0 spiro atoms. The summed E-state index contributed by atoms with van der Waals surface area (Å²) < 4.78 is 6.44. The van der Waals surface area contributed by atoms with Crippen LogP contribution in [0, 0.1) is 6.92 Å². The molecule has 3 aromatic rings. The lowest BCUT2D eigenvalue weighted by Crippen LogP contribution is -2.45. The number of hydrogen-bond acceptors (Lipinski definition) is 3. The molecular formula is C25H26ClNO3. The molecule has 0 saturated carbocycles. The Morgan fingerprint density at radius 3 is 2.53 bits per heavy atom.